The van der Waals surface area contributed by atoms with Crippen molar-refractivity contribution in [3.63, 3.8) is 0 Å². The van der Waals surface area contributed by atoms with Crippen molar-refractivity contribution in [2.45, 2.75) is 39.2 Å². The Morgan fingerprint density at radius 1 is 1.24 bits per heavy atom. The number of amides is 3. The Kier molecular flexibility index (Phi) is 4.32. The van der Waals surface area contributed by atoms with Gasteiger partial charge in [-0.05, 0) is 51.3 Å². The van der Waals surface area contributed by atoms with Crippen LogP contribution in [0.5, 0.6) is 0 Å². The maximum absolute atomic E-state index is 12.7. The number of benzene rings is 1. The van der Waals surface area contributed by atoms with Crippen LogP contribution in [0, 0.1) is 13.8 Å². The lowest BCUT2D eigenvalue weighted by molar-refractivity contribution is -0.131. The molecule has 1 aliphatic rings. The van der Waals surface area contributed by atoms with E-state index in [9.17, 15) is 9.59 Å². The summed E-state index contributed by atoms with van der Waals surface area (Å²) in [6.45, 7) is 6.73. The first-order valence-electron chi connectivity index (χ1n) is 7.32. The normalized spacial score (nSPS) is 21.8. The molecule has 1 atom stereocenters. The van der Waals surface area contributed by atoms with Crippen LogP contribution < -0.4 is 11.1 Å². The first-order valence-corrected chi connectivity index (χ1v) is 7.32. The molecule has 1 aliphatic heterocycles. The Bertz CT molecular complexity index is 571. The topological polar surface area (TPSA) is 75.4 Å². The largest absolute Gasteiger partial charge is 0.330 e. The summed E-state index contributed by atoms with van der Waals surface area (Å²) in [6.07, 6.45) is 1.54. The lowest BCUT2D eigenvalue weighted by Crippen LogP contribution is -2.41. The molecule has 114 valence electrons. The molecule has 21 heavy (non-hydrogen) atoms. The fraction of sp³-hybridized carbons (Fsp3) is 0.500. The Morgan fingerprint density at radius 2 is 1.95 bits per heavy atom. The number of carbonyl (C=O) groups excluding carboxylic acids is 2. The summed E-state index contributed by atoms with van der Waals surface area (Å²) in [4.78, 5) is 26.1. The van der Waals surface area contributed by atoms with Gasteiger partial charge in [0.05, 0.1) is 0 Å². The number of nitrogens with zero attached hydrogens (tertiary/aromatic N) is 1. The van der Waals surface area contributed by atoms with Crippen LogP contribution in [0.1, 0.15) is 36.5 Å². The van der Waals surface area contributed by atoms with E-state index in [1.165, 1.54) is 4.90 Å². The zero-order valence-electron chi connectivity index (χ0n) is 12.9. The molecule has 2 rings (SSSR count). The highest BCUT2D eigenvalue weighted by Crippen LogP contribution is 2.31. The second-order valence-electron chi connectivity index (χ2n) is 5.83. The summed E-state index contributed by atoms with van der Waals surface area (Å²) < 4.78 is 0. The van der Waals surface area contributed by atoms with Crippen LogP contribution in [0.4, 0.5) is 4.79 Å². The van der Waals surface area contributed by atoms with Gasteiger partial charge in [0, 0.05) is 6.54 Å². The van der Waals surface area contributed by atoms with E-state index in [0.29, 0.717) is 13.1 Å². The van der Waals surface area contributed by atoms with Crippen LogP contribution in [0.25, 0.3) is 0 Å². The Balaban J connectivity index is 2.27. The first kappa shape index (κ1) is 15.5. The lowest BCUT2D eigenvalue weighted by Gasteiger charge is -2.24. The number of nitrogens with two attached hydrogens (primary N) is 1. The van der Waals surface area contributed by atoms with E-state index >= 15 is 0 Å². The van der Waals surface area contributed by atoms with Crippen molar-refractivity contribution in [1.82, 2.24) is 10.2 Å². The number of imide groups is 1. The molecule has 5 heteroatoms. The molecule has 0 bridgehead atoms. The maximum atomic E-state index is 12.7. The van der Waals surface area contributed by atoms with Gasteiger partial charge in [0.1, 0.15) is 5.54 Å². The molecule has 1 heterocycles. The monoisotopic (exact) mass is 289 g/mol. The average molecular weight is 289 g/mol. The molecule has 1 aromatic rings. The molecule has 1 saturated heterocycles. The Labute approximate surface area is 125 Å². The van der Waals surface area contributed by atoms with Crippen molar-refractivity contribution >= 4 is 11.9 Å². The van der Waals surface area contributed by atoms with Crippen LogP contribution in [-0.4, -0.2) is 29.9 Å². The quantitative estimate of drug-likeness (QED) is 0.641. The third kappa shape index (κ3) is 2.78. The van der Waals surface area contributed by atoms with Crippen molar-refractivity contribution in [3.05, 3.63) is 34.9 Å². The summed E-state index contributed by atoms with van der Waals surface area (Å²) >= 11 is 0. The fourth-order valence-corrected chi connectivity index (χ4v) is 2.87. The van der Waals surface area contributed by atoms with Crippen molar-refractivity contribution < 1.29 is 9.59 Å². The van der Waals surface area contributed by atoms with E-state index in [1.54, 1.807) is 6.92 Å². The number of rotatable bonds is 5. The molecule has 3 N–H and O–H groups in total. The molecule has 0 saturated carbocycles. The van der Waals surface area contributed by atoms with Crippen LogP contribution in [0.3, 0.4) is 0 Å². The van der Waals surface area contributed by atoms with Crippen LogP contribution in [0.15, 0.2) is 18.2 Å². The summed E-state index contributed by atoms with van der Waals surface area (Å²) in [5.41, 5.74) is 7.48. The zero-order valence-corrected chi connectivity index (χ0v) is 12.9. The van der Waals surface area contributed by atoms with E-state index in [0.717, 1.165) is 29.5 Å². The van der Waals surface area contributed by atoms with Crippen molar-refractivity contribution in [1.29, 1.82) is 0 Å². The van der Waals surface area contributed by atoms with Crippen molar-refractivity contribution in [2.75, 3.05) is 13.1 Å². The highest BCUT2D eigenvalue weighted by atomic mass is 16.2. The highest BCUT2D eigenvalue weighted by molar-refractivity contribution is 6.07. The van der Waals surface area contributed by atoms with Crippen LogP contribution >= 0.6 is 0 Å². The van der Waals surface area contributed by atoms with Gasteiger partial charge in [-0.15, -0.1) is 0 Å². The summed E-state index contributed by atoms with van der Waals surface area (Å²) in [7, 11) is 0. The molecule has 1 fully saturated rings. The minimum atomic E-state index is -0.975. The minimum absolute atomic E-state index is 0.184. The van der Waals surface area contributed by atoms with E-state index in [2.05, 4.69) is 5.32 Å². The van der Waals surface area contributed by atoms with Crippen molar-refractivity contribution in [2.24, 2.45) is 5.73 Å². The number of unbranched alkanes of at least 4 members (excludes halogenated alkanes) is 1. The standard InChI is InChI=1S/C16H23N3O2/c1-11-6-7-13(12(2)10-11)16(3)14(20)19(15(21)18-16)9-5-4-8-17/h6-7,10H,4-5,8-9,17H2,1-3H3,(H,18,21). The molecular formula is C16H23N3O2. The number of hydrogen-bond acceptors (Lipinski definition) is 3. The van der Waals surface area contributed by atoms with Gasteiger partial charge in [-0.3, -0.25) is 9.69 Å². The fourth-order valence-electron chi connectivity index (χ4n) is 2.87. The number of hydrogen-bond donors (Lipinski definition) is 2. The molecule has 3 amide bonds. The van der Waals surface area contributed by atoms with E-state index < -0.39 is 5.54 Å². The second kappa shape index (κ2) is 5.85. The number of urea groups is 1. The summed E-state index contributed by atoms with van der Waals surface area (Å²) in [6, 6.07) is 5.59. The SMILES string of the molecule is Cc1ccc(C2(C)NC(=O)N(CCCCN)C2=O)c(C)c1. The van der Waals surface area contributed by atoms with Gasteiger partial charge >= 0.3 is 6.03 Å². The predicted molar refractivity (Wildman–Crippen MR) is 81.8 cm³/mol. The minimum Gasteiger partial charge on any atom is -0.330 e. The Hall–Kier alpha value is -1.88. The molecule has 0 spiro atoms. The third-order valence-electron chi connectivity index (χ3n) is 4.03. The van der Waals surface area contributed by atoms with Crippen LogP contribution in [-0.2, 0) is 10.3 Å². The lowest BCUT2D eigenvalue weighted by atomic mass is 9.87. The molecule has 5 nitrogen and oxygen atoms in total. The number of carbonyl (C=O) groups is 2. The maximum Gasteiger partial charge on any atom is 0.325 e. The number of aryl methyl sites for hydroxylation is 2. The van der Waals surface area contributed by atoms with E-state index in [1.807, 2.05) is 32.0 Å². The van der Waals surface area contributed by atoms with Gasteiger partial charge in [-0.25, -0.2) is 4.79 Å². The molecule has 0 radical (unpaired) electrons. The second-order valence-corrected chi connectivity index (χ2v) is 5.83. The van der Waals surface area contributed by atoms with Gasteiger partial charge in [0.2, 0.25) is 0 Å². The molecule has 0 aromatic heterocycles. The van der Waals surface area contributed by atoms with E-state index in [-0.39, 0.29) is 11.9 Å². The Morgan fingerprint density at radius 3 is 2.57 bits per heavy atom. The van der Waals surface area contributed by atoms with Gasteiger partial charge in [0.25, 0.3) is 5.91 Å². The van der Waals surface area contributed by atoms with E-state index in [4.69, 9.17) is 5.73 Å². The molecular weight excluding hydrogens is 266 g/mol. The van der Waals surface area contributed by atoms with Gasteiger partial charge < -0.3 is 11.1 Å². The number of nitrogens with one attached hydrogen (secondary N) is 1. The predicted octanol–water partition coefficient (Wildman–Crippen LogP) is 1.81. The molecule has 0 aliphatic carbocycles. The summed E-state index contributed by atoms with van der Waals surface area (Å²) in [5.74, 6) is -0.184. The van der Waals surface area contributed by atoms with Crippen LogP contribution in [0.2, 0.25) is 0 Å². The highest BCUT2D eigenvalue weighted by Gasteiger charge is 2.49. The third-order valence-corrected chi connectivity index (χ3v) is 4.03. The first-order chi connectivity index (χ1) is 9.90. The van der Waals surface area contributed by atoms with Gasteiger partial charge in [-0.1, -0.05) is 23.8 Å². The zero-order chi connectivity index (χ0) is 15.6. The average Bonchev–Trinajstić information content (AvgIpc) is 2.62. The molecule has 1 aromatic carbocycles. The smallest absolute Gasteiger partial charge is 0.325 e. The van der Waals surface area contributed by atoms with Crippen molar-refractivity contribution in [3.8, 4) is 0 Å². The van der Waals surface area contributed by atoms with Gasteiger partial charge in [0.15, 0.2) is 0 Å². The summed E-state index contributed by atoms with van der Waals surface area (Å²) in [5, 5.41) is 2.84. The van der Waals surface area contributed by atoms with Gasteiger partial charge in [-0.2, -0.15) is 0 Å². The molecule has 1 unspecified atom stereocenters.